The first-order chi connectivity index (χ1) is 5.45. The van der Waals surface area contributed by atoms with Crippen LogP contribution in [0.5, 0.6) is 0 Å². The van der Waals surface area contributed by atoms with Crippen molar-refractivity contribution in [1.82, 2.24) is 14.8 Å². The third-order valence-corrected chi connectivity index (χ3v) is 1.49. The van der Waals surface area contributed by atoms with Crippen LogP contribution in [0.4, 0.5) is 11.9 Å². The van der Waals surface area contributed by atoms with Gasteiger partial charge in [0.05, 0.1) is 5.54 Å². The Bertz CT molecular complexity index is 270. The van der Waals surface area contributed by atoms with E-state index in [2.05, 4.69) is 15.4 Å². The van der Waals surface area contributed by atoms with Gasteiger partial charge >= 0.3 is 0 Å². The van der Waals surface area contributed by atoms with E-state index in [1.807, 2.05) is 20.8 Å². The van der Waals surface area contributed by atoms with Gasteiger partial charge in [-0.05, 0) is 20.8 Å². The molecule has 68 valence electrons. The quantitative estimate of drug-likeness (QED) is 0.648. The van der Waals surface area contributed by atoms with Crippen LogP contribution in [-0.2, 0) is 5.54 Å². The molecule has 0 spiro atoms. The number of aromatic nitrogens is 3. The highest BCUT2D eigenvalue weighted by Crippen LogP contribution is 2.17. The molecule has 0 bridgehead atoms. The summed E-state index contributed by atoms with van der Waals surface area (Å²) in [6, 6.07) is 0. The van der Waals surface area contributed by atoms with Crippen molar-refractivity contribution in [2.24, 2.45) is 0 Å². The lowest BCUT2D eigenvalue weighted by molar-refractivity contribution is 0.362. The van der Waals surface area contributed by atoms with Crippen LogP contribution in [0.2, 0.25) is 0 Å². The summed E-state index contributed by atoms with van der Waals surface area (Å²) >= 11 is 0. The van der Waals surface area contributed by atoms with Crippen LogP contribution in [-0.4, -0.2) is 21.8 Å². The van der Waals surface area contributed by atoms with E-state index in [-0.39, 0.29) is 5.54 Å². The van der Waals surface area contributed by atoms with E-state index in [0.717, 1.165) is 0 Å². The van der Waals surface area contributed by atoms with E-state index >= 15 is 0 Å². The highest BCUT2D eigenvalue weighted by atomic mass is 15.4. The summed E-state index contributed by atoms with van der Waals surface area (Å²) in [5.74, 6) is 0.995. The Hall–Kier alpha value is -1.26. The van der Waals surface area contributed by atoms with Gasteiger partial charge in [-0.15, -0.1) is 5.10 Å². The van der Waals surface area contributed by atoms with Gasteiger partial charge in [0.1, 0.15) is 0 Å². The monoisotopic (exact) mass is 169 g/mol. The van der Waals surface area contributed by atoms with Gasteiger partial charge in [0.2, 0.25) is 11.9 Å². The molecule has 1 aromatic rings. The smallest absolute Gasteiger partial charge is 0.243 e. The Labute approximate surface area is 72.0 Å². The summed E-state index contributed by atoms with van der Waals surface area (Å²) in [4.78, 5) is 4.01. The molecule has 12 heavy (non-hydrogen) atoms. The summed E-state index contributed by atoms with van der Waals surface area (Å²) in [7, 11) is 1.77. The summed E-state index contributed by atoms with van der Waals surface area (Å²) in [6.45, 7) is 6.08. The Morgan fingerprint density at radius 1 is 1.42 bits per heavy atom. The standard InChI is InChI=1S/C7H15N5/c1-7(2,3)12-5(8)10-6(9-4)11-12/h1-4H3,(H3,8,9,10,11). The zero-order valence-corrected chi connectivity index (χ0v) is 7.92. The maximum Gasteiger partial charge on any atom is 0.243 e. The molecule has 5 heteroatoms. The van der Waals surface area contributed by atoms with Crippen molar-refractivity contribution in [3.63, 3.8) is 0 Å². The third-order valence-electron chi connectivity index (χ3n) is 1.49. The Kier molecular flexibility index (Phi) is 1.95. The molecular formula is C7H15N5. The molecule has 1 rings (SSSR count). The first-order valence-corrected chi connectivity index (χ1v) is 3.86. The first-order valence-electron chi connectivity index (χ1n) is 3.86. The van der Waals surface area contributed by atoms with E-state index in [4.69, 9.17) is 5.73 Å². The molecule has 1 heterocycles. The molecule has 0 fully saturated rings. The minimum absolute atomic E-state index is 0.119. The molecule has 0 radical (unpaired) electrons. The van der Waals surface area contributed by atoms with Gasteiger partial charge in [0, 0.05) is 7.05 Å². The minimum atomic E-state index is -0.119. The van der Waals surface area contributed by atoms with E-state index in [1.165, 1.54) is 0 Å². The Morgan fingerprint density at radius 2 is 2.00 bits per heavy atom. The number of hydrogen-bond acceptors (Lipinski definition) is 4. The van der Waals surface area contributed by atoms with Gasteiger partial charge in [0.15, 0.2) is 0 Å². The zero-order chi connectivity index (χ0) is 9.35. The largest absolute Gasteiger partial charge is 0.368 e. The number of rotatable bonds is 1. The molecule has 0 aliphatic carbocycles. The second-order valence-corrected chi connectivity index (χ2v) is 3.63. The number of nitrogen functional groups attached to an aromatic ring is 1. The van der Waals surface area contributed by atoms with E-state index in [0.29, 0.717) is 11.9 Å². The van der Waals surface area contributed by atoms with Gasteiger partial charge in [0.25, 0.3) is 0 Å². The van der Waals surface area contributed by atoms with Gasteiger partial charge in [-0.1, -0.05) is 0 Å². The predicted molar refractivity (Wildman–Crippen MR) is 49.0 cm³/mol. The minimum Gasteiger partial charge on any atom is -0.368 e. The number of hydrogen-bond donors (Lipinski definition) is 2. The van der Waals surface area contributed by atoms with Crippen molar-refractivity contribution in [1.29, 1.82) is 0 Å². The molecule has 0 aromatic carbocycles. The van der Waals surface area contributed by atoms with Crippen LogP contribution in [0.15, 0.2) is 0 Å². The fraction of sp³-hybridized carbons (Fsp3) is 0.714. The van der Waals surface area contributed by atoms with Crippen LogP contribution in [0, 0.1) is 0 Å². The Balaban J connectivity index is 3.08. The summed E-state index contributed by atoms with van der Waals surface area (Å²) < 4.78 is 1.69. The molecule has 0 aliphatic heterocycles. The second kappa shape index (κ2) is 2.66. The molecule has 3 N–H and O–H groups in total. The molecule has 0 saturated heterocycles. The molecule has 1 aromatic heterocycles. The second-order valence-electron chi connectivity index (χ2n) is 3.63. The zero-order valence-electron chi connectivity index (χ0n) is 7.92. The van der Waals surface area contributed by atoms with Crippen molar-refractivity contribution in [3.05, 3.63) is 0 Å². The number of anilines is 2. The fourth-order valence-electron chi connectivity index (χ4n) is 0.924. The van der Waals surface area contributed by atoms with Gasteiger partial charge in [-0.25, -0.2) is 4.68 Å². The van der Waals surface area contributed by atoms with Crippen molar-refractivity contribution in [3.8, 4) is 0 Å². The van der Waals surface area contributed by atoms with Gasteiger partial charge < -0.3 is 11.1 Å². The van der Waals surface area contributed by atoms with Crippen molar-refractivity contribution in [2.75, 3.05) is 18.1 Å². The van der Waals surface area contributed by atoms with Crippen LogP contribution in [0.3, 0.4) is 0 Å². The van der Waals surface area contributed by atoms with E-state index < -0.39 is 0 Å². The lowest BCUT2D eigenvalue weighted by Gasteiger charge is -2.19. The molecule has 0 unspecified atom stereocenters. The number of nitrogens with one attached hydrogen (secondary N) is 1. The van der Waals surface area contributed by atoms with Crippen molar-refractivity contribution in [2.45, 2.75) is 26.3 Å². The summed E-state index contributed by atoms with van der Waals surface area (Å²) in [5, 5.41) is 7.01. The SMILES string of the molecule is CNc1nc(N)n(C(C)(C)C)n1. The van der Waals surface area contributed by atoms with Crippen LogP contribution >= 0.6 is 0 Å². The maximum atomic E-state index is 5.65. The van der Waals surface area contributed by atoms with E-state index in [9.17, 15) is 0 Å². The van der Waals surface area contributed by atoms with Crippen LogP contribution < -0.4 is 11.1 Å². The topological polar surface area (TPSA) is 68.8 Å². The lowest BCUT2D eigenvalue weighted by Crippen LogP contribution is -2.24. The van der Waals surface area contributed by atoms with Crippen molar-refractivity contribution < 1.29 is 0 Å². The number of nitrogens with two attached hydrogens (primary N) is 1. The first kappa shape index (κ1) is 8.83. The fourth-order valence-corrected chi connectivity index (χ4v) is 0.924. The maximum absolute atomic E-state index is 5.65. The Morgan fingerprint density at radius 3 is 2.25 bits per heavy atom. The van der Waals surface area contributed by atoms with Gasteiger partial charge in [-0.3, -0.25) is 0 Å². The highest BCUT2D eigenvalue weighted by Gasteiger charge is 2.18. The van der Waals surface area contributed by atoms with Crippen LogP contribution in [0.25, 0.3) is 0 Å². The van der Waals surface area contributed by atoms with E-state index in [1.54, 1.807) is 11.7 Å². The molecular weight excluding hydrogens is 154 g/mol. The predicted octanol–water partition coefficient (Wildman–Crippen LogP) is 0.657. The molecule has 0 amide bonds. The summed E-state index contributed by atoms with van der Waals surface area (Å²) in [6.07, 6.45) is 0. The highest BCUT2D eigenvalue weighted by molar-refractivity contribution is 5.31. The van der Waals surface area contributed by atoms with Crippen molar-refractivity contribution >= 4 is 11.9 Å². The number of nitrogens with zero attached hydrogens (tertiary/aromatic N) is 3. The molecule has 0 atom stereocenters. The average Bonchev–Trinajstić information content (AvgIpc) is 2.29. The molecule has 0 saturated carbocycles. The third kappa shape index (κ3) is 1.49. The normalized spacial score (nSPS) is 11.7. The van der Waals surface area contributed by atoms with Gasteiger partial charge in [-0.2, -0.15) is 4.98 Å². The molecule has 0 aliphatic rings. The molecule has 5 nitrogen and oxygen atoms in total. The van der Waals surface area contributed by atoms with Crippen LogP contribution in [0.1, 0.15) is 20.8 Å². The lowest BCUT2D eigenvalue weighted by atomic mass is 10.1. The average molecular weight is 169 g/mol. The summed E-state index contributed by atoms with van der Waals surface area (Å²) in [5.41, 5.74) is 5.53.